The molecule has 2 heterocycles. The summed E-state index contributed by atoms with van der Waals surface area (Å²) in [5, 5.41) is 10.4. The Morgan fingerprint density at radius 3 is 2.82 bits per heavy atom. The minimum absolute atomic E-state index is 0.00366. The maximum absolute atomic E-state index is 12.5. The van der Waals surface area contributed by atoms with Crippen molar-refractivity contribution in [2.75, 3.05) is 13.1 Å². The summed E-state index contributed by atoms with van der Waals surface area (Å²) in [4.78, 5) is 25.0. The molecular weight excluding hydrogens is 310 g/mol. The highest BCUT2D eigenvalue weighted by atomic mass is 35.5. The molecule has 22 heavy (non-hydrogen) atoms. The van der Waals surface area contributed by atoms with Gasteiger partial charge in [-0.3, -0.25) is 4.79 Å². The van der Waals surface area contributed by atoms with E-state index in [0.29, 0.717) is 17.2 Å². The average molecular weight is 324 g/mol. The second kappa shape index (κ2) is 5.62. The number of hydrogen-bond donors (Lipinski definition) is 1. The van der Waals surface area contributed by atoms with E-state index in [2.05, 4.69) is 0 Å². The standard InChI is InChI=1S/C15H14ClNO5/c1-8-6-17(7-13(21-8)15(19)20)14(18)12-5-9-4-10(16)2-3-11(9)22-12/h2-5,8,13H,6-7H2,1H3,(H,19,20)/t8-,13?/m1/s1. The third kappa shape index (κ3) is 2.80. The van der Waals surface area contributed by atoms with Crippen LogP contribution in [0.5, 0.6) is 0 Å². The Bertz CT molecular complexity index is 741. The Labute approximate surface area is 131 Å². The van der Waals surface area contributed by atoms with Gasteiger partial charge in [0.2, 0.25) is 0 Å². The van der Waals surface area contributed by atoms with Crippen molar-refractivity contribution < 1.29 is 23.8 Å². The number of carboxylic acids is 1. The maximum Gasteiger partial charge on any atom is 0.334 e. The largest absolute Gasteiger partial charge is 0.479 e. The lowest BCUT2D eigenvalue weighted by Crippen LogP contribution is -2.51. The van der Waals surface area contributed by atoms with Crippen LogP contribution in [0, 0.1) is 0 Å². The molecule has 7 heteroatoms. The van der Waals surface area contributed by atoms with Crippen LogP contribution >= 0.6 is 11.6 Å². The van der Waals surface area contributed by atoms with E-state index in [1.165, 1.54) is 4.90 Å². The number of carboxylic acid groups (broad SMARTS) is 1. The maximum atomic E-state index is 12.5. The van der Waals surface area contributed by atoms with Gasteiger partial charge in [-0.05, 0) is 31.2 Å². The first-order chi connectivity index (χ1) is 10.4. The van der Waals surface area contributed by atoms with E-state index in [9.17, 15) is 9.59 Å². The van der Waals surface area contributed by atoms with Gasteiger partial charge in [0, 0.05) is 17.0 Å². The van der Waals surface area contributed by atoms with Gasteiger partial charge in [0.05, 0.1) is 12.6 Å². The number of carbonyl (C=O) groups excluding carboxylic acids is 1. The molecule has 0 aliphatic carbocycles. The number of furan rings is 1. The normalized spacial score (nSPS) is 22.0. The van der Waals surface area contributed by atoms with Crippen molar-refractivity contribution in [1.82, 2.24) is 4.90 Å². The van der Waals surface area contributed by atoms with E-state index in [1.807, 2.05) is 0 Å². The lowest BCUT2D eigenvalue weighted by Gasteiger charge is -2.34. The summed E-state index contributed by atoms with van der Waals surface area (Å²) >= 11 is 5.91. The first-order valence-electron chi connectivity index (χ1n) is 6.80. The van der Waals surface area contributed by atoms with Gasteiger partial charge in [0.15, 0.2) is 11.9 Å². The van der Waals surface area contributed by atoms with Crippen molar-refractivity contribution in [2.45, 2.75) is 19.1 Å². The van der Waals surface area contributed by atoms with Crippen molar-refractivity contribution in [3.8, 4) is 0 Å². The Hall–Kier alpha value is -2.05. The van der Waals surface area contributed by atoms with Crippen LogP contribution < -0.4 is 0 Å². The van der Waals surface area contributed by atoms with Gasteiger partial charge in [-0.2, -0.15) is 0 Å². The van der Waals surface area contributed by atoms with E-state index in [4.69, 9.17) is 25.9 Å². The third-order valence-electron chi connectivity index (χ3n) is 3.51. The highest BCUT2D eigenvalue weighted by Gasteiger charge is 2.34. The van der Waals surface area contributed by atoms with Crippen molar-refractivity contribution in [2.24, 2.45) is 0 Å². The molecule has 1 aliphatic rings. The number of benzene rings is 1. The van der Waals surface area contributed by atoms with Gasteiger partial charge in [-0.1, -0.05) is 11.6 Å². The smallest absolute Gasteiger partial charge is 0.334 e. The number of carbonyl (C=O) groups is 2. The van der Waals surface area contributed by atoms with Gasteiger partial charge in [-0.25, -0.2) is 4.79 Å². The predicted molar refractivity (Wildman–Crippen MR) is 79.1 cm³/mol. The highest BCUT2D eigenvalue weighted by molar-refractivity contribution is 6.31. The van der Waals surface area contributed by atoms with E-state index in [1.54, 1.807) is 31.2 Å². The van der Waals surface area contributed by atoms with Gasteiger partial charge < -0.3 is 19.2 Å². The Morgan fingerprint density at radius 1 is 1.32 bits per heavy atom. The summed E-state index contributed by atoms with van der Waals surface area (Å²) in [5.74, 6) is -1.27. The van der Waals surface area contributed by atoms with Crippen LogP contribution in [-0.4, -0.2) is 47.2 Å². The molecule has 0 bridgehead atoms. The van der Waals surface area contributed by atoms with Crippen molar-refractivity contribution >= 4 is 34.4 Å². The number of ether oxygens (including phenoxy) is 1. The minimum atomic E-state index is -1.08. The second-order valence-electron chi connectivity index (χ2n) is 5.28. The van der Waals surface area contributed by atoms with Gasteiger partial charge in [-0.15, -0.1) is 0 Å². The van der Waals surface area contributed by atoms with Crippen molar-refractivity contribution in [1.29, 1.82) is 0 Å². The lowest BCUT2D eigenvalue weighted by atomic mass is 10.2. The van der Waals surface area contributed by atoms with E-state index in [0.717, 1.165) is 5.39 Å². The van der Waals surface area contributed by atoms with Crippen LogP contribution in [0.4, 0.5) is 0 Å². The molecule has 0 spiro atoms. The lowest BCUT2D eigenvalue weighted by molar-refractivity contribution is -0.160. The van der Waals surface area contributed by atoms with Gasteiger partial charge >= 0.3 is 5.97 Å². The predicted octanol–water partition coefficient (Wildman–Crippen LogP) is 2.40. The zero-order valence-corrected chi connectivity index (χ0v) is 12.5. The van der Waals surface area contributed by atoms with Gasteiger partial charge in [0.25, 0.3) is 5.91 Å². The fourth-order valence-corrected chi connectivity index (χ4v) is 2.71. The van der Waals surface area contributed by atoms with Crippen LogP contribution in [0.15, 0.2) is 28.7 Å². The summed E-state index contributed by atoms with van der Waals surface area (Å²) in [6.45, 7) is 2.05. The van der Waals surface area contributed by atoms with Gasteiger partial charge in [0.1, 0.15) is 5.58 Å². The number of aliphatic carboxylic acids is 1. The summed E-state index contributed by atoms with van der Waals surface area (Å²) in [5.41, 5.74) is 0.559. The molecular formula is C15H14ClNO5. The van der Waals surface area contributed by atoms with Crippen LogP contribution in [0.1, 0.15) is 17.5 Å². The van der Waals surface area contributed by atoms with E-state index in [-0.39, 0.29) is 24.3 Å². The summed E-state index contributed by atoms with van der Waals surface area (Å²) in [7, 11) is 0. The van der Waals surface area contributed by atoms with Crippen LogP contribution in [0.25, 0.3) is 11.0 Å². The molecule has 1 N–H and O–H groups in total. The summed E-state index contributed by atoms with van der Waals surface area (Å²) in [6, 6.07) is 6.69. The number of fused-ring (bicyclic) bond motifs is 1. The monoisotopic (exact) mass is 323 g/mol. The first kappa shape index (κ1) is 14.9. The SMILES string of the molecule is C[C@@H]1CN(C(=O)c2cc3cc(Cl)ccc3o2)CC(C(=O)O)O1. The molecule has 1 unspecified atom stereocenters. The molecule has 6 nitrogen and oxygen atoms in total. The number of amides is 1. The average Bonchev–Trinajstić information content (AvgIpc) is 2.88. The summed E-state index contributed by atoms with van der Waals surface area (Å²) < 4.78 is 10.8. The third-order valence-corrected chi connectivity index (χ3v) is 3.75. The molecule has 2 atom stereocenters. The Balaban J connectivity index is 1.86. The molecule has 1 amide bonds. The molecule has 2 aromatic rings. The molecule has 116 valence electrons. The molecule has 1 saturated heterocycles. The minimum Gasteiger partial charge on any atom is -0.479 e. The molecule has 0 radical (unpaired) electrons. The number of halogens is 1. The molecule has 1 aromatic heterocycles. The number of morpholine rings is 1. The van der Waals surface area contributed by atoms with E-state index < -0.39 is 12.1 Å². The fourth-order valence-electron chi connectivity index (χ4n) is 2.53. The van der Waals surface area contributed by atoms with Crippen LogP contribution in [0.3, 0.4) is 0 Å². The second-order valence-corrected chi connectivity index (χ2v) is 5.71. The number of nitrogens with zero attached hydrogens (tertiary/aromatic N) is 1. The van der Waals surface area contributed by atoms with Crippen molar-refractivity contribution in [3.63, 3.8) is 0 Å². The van der Waals surface area contributed by atoms with Crippen molar-refractivity contribution in [3.05, 3.63) is 35.0 Å². The molecule has 0 saturated carbocycles. The van der Waals surface area contributed by atoms with Crippen LogP contribution in [0.2, 0.25) is 5.02 Å². The van der Waals surface area contributed by atoms with Crippen LogP contribution in [-0.2, 0) is 9.53 Å². The fraction of sp³-hybridized carbons (Fsp3) is 0.333. The Morgan fingerprint density at radius 2 is 2.09 bits per heavy atom. The number of rotatable bonds is 2. The first-order valence-corrected chi connectivity index (χ1v) is 7.18. The molecule has 1 aliphatic heterocycles. The quantitative estimate of drug-likeness (QED) is 0.918. The van der Waals surface area contributed by atoms with E-state index >= 15 is 0 Å². The molecule has 1 fully saturated rings. The zero-order valence-electron chi connectivity index (χ0n) is 11.8. The molecule has 1 aromatic carbocycles. The topological polar surface area (TPSA) is 80.0 Å². The Kier molecular flexibility index (Phi) is 3.80. The summed E-state index contributed by atoms with van der Waals surface area (Å²) in [6.07, 6.45) is -1.37. The zero-order chi connectivity index (χ0) is 15.9. The number of hydrogen-bond acceptors (Lipinski definition) is 4. The molecule has 3 rings (SSSR count). The highest BCUT2D eigenvalue weighted by Crippen LogP contribution is 2.24.